The summed E-state index contributed by atoms with van der Waals surface area (Å²) >= 11 is 0. The number of hydrogen-bond acceptors (Lipinski definition) is 10. The van der Waals surface area contributed by atoms with E-state index in [1.807, 2.05) is 19.9 Å². The SMILES string of the molecule is C/C(=C\CC[C@](C)(O[C@@H]1O[C@H](CO)[C@@H](O)[C@H](O)[C@H]1O)[C@H]1CC[C@]2(C)[C@@H]1CC[C@@H]1[C@@]3(C)CC[C@H](O)C(C)(C)[C@@H]3C[C@H](O)[C@]12CO)CO. The topological polar surface area (TPSA) is 180 Å². The molecule has 0 aromatic carbocycles. The molecule has 0 amide bonds. The minimum absolute atomic E-state index is 0.0422. The van der Waals surface area contributed by atoms with Gasteiger partial charge in [0.05, 0.1) is 37.6 Å². The van der Waals surface area contributed by atoms with Crippen molar-refractivity contribution < 1.29 is 50.3 Å². The normalized spacial score (nSPS) is 50.3. The monoisotopic (exact) mass is 654 g/mol. The standard InChI is InChI=1S/C36H62O10/c1-20(17-37)8-7-13-35(6,46-31-30(44)29(43)28(42)23(18-38)45-31)22-11-15-34(5)21(22)9-10-24-33(4)14-12-26(40)32(2,3)25(33)16-27(41)36(24,34)19-39/h8,21-31,37-44H,7,9-19H2,1-6H3/b20-8+/t21-,22+,23-,24-,25+,26+,27+,28-,29+,30-,31+,33-,34-,35+,36+/m1/s1. The summed E-state index contributed by atoms with van der Waals surface area (Å²) in [4.78, 5) is 0. The second kappa shape index (κ2) is 12.9. The number of aliphatic hydroxyl groups excluding tert-OH is 8. The fourth-order valence-electron chi connectivity index (χ4n) is 12.0. The maximum absolute atomic E-state index is 12.2. The van der Waals surface area contributed by atoms with Gasteiger partial charge in [-0.1, -0.05) is 39.3 Å². The second-order valence-electron chi connectivity index (χ2n) is 17.1. The minimum Gasteiger partial charge on any atom is -0.396 e. The van der Waals surface area contributed by atoms with Crippen LogP contribution in [0, 0.1) is 45.3 Å². The van der Waals surface area contributed by atoms with Crippen LogP contribution in [0.2, 0.25) is 0 Å². The molecule has 1 saturated heterocycles. The van der Waals surface area contributed by atoms with E-state index in [-0.39, 0.29) is 47.7 Å². The Labute approximate surface area is 274 Å². The van der Waals surface area contributed by atoms with E-state index in [4.69, 9.17) is 9.47 Å². The molecule has 0 bridgehead atoms. The van der Waals surface area contributed by atoms with E-state index < -0.39 is 66.0 Å². The van der Waals surface area contributed by atoms with Crippen LogP contribution in [-0.2, 0) is 9.47 Å². The molecular formula is C36H62O10. The lowest BCUT2D eigenvalue weighted by molar-refractivity contribution is -0.335. The average molecular weight is 655 g/mol. The van der Waals surface area contributed by atoms with Crippen LogP contribution in [-0.4, -0.2) is 109 Å². The number of fused-ring (bicyclic) bond motifs is 5. The van der Waals surface area contributed by atoms with Gasteiger partial charge in [0, 0.05) is 5.41 Å². The van der Waals surface area contributed by atoms with Gasteiger partial charge in [-0.3, -0.25) is 0 Å². The zero-order valence-electron chi connectivity index (χ0n) is 28.8. The highest BCUT2D eigenvalue weighted by molar-refractivity contribution is 5.22. The lowest BCUT2D eigenvalue weighted by Crippen LogP contribution is -2.71. The highest BCUT2D eigenvalue weighted by Gasteiger charge is 2.74. The van der Waals surface area contributed by atoms with Gasteiger partial charge in [0.1, 0.15) is 24.4 Å². The Morgan fingerprint density at radius 3 is 2.20 bits per heavy atom. The van der Waals surface area contributed by atoms with Gasteiger partial charge in [0.2, 0.25) is 0 Å². The van der Waals surface area contributed by atoms with Crippen molar-refractivity contribution in [3.05, 3.63) is 11.6 Å². The van der Waals surface area contributed by atoms with Crippen molar-refractivity contribution in [1.82, 2.24) is 0 Å². The third-order valence-corrected chi connectivity index (χ3v) is 14.8. The van der Waals surface area contributed by atoms with Crippen molar-refractivity contribution in [3.8, 4) is 0 Å². The molecule has 0 unspecified atom stereocenters. The largest absolute Gasteiger partial charge is 0.396 e. The third kappa shape index (κ3) is 5.37. The summed E-state index contributed by atoms with van der Waals surface area (Å²) in [6.07, 6.45) is 0.374. The van der Waals surface area contributed by atoms with Crippen LogP contribution in [0.3, 0.4) is 0 Å². The van der Waals surface area contributed by atoms with Crippen LogP contribution in [0.5, 0.6) is 0 Å². The van der Waals surface area contributed by atoms with E-state index in [1.54, 1.807) is 0 Å². The maximum atomic E-state index is 12.2. The lowest BCUT2D eigenvalue weighted by Gasteiger charge is -2.71. The summed E-state index contributed by atoms with van der Waals surface area (Å²) in [6.45, 7) is 12.0. The van der Waals surface area contributed by atoms with Crippen LogP contribution in [0.25, 0.3) is 0 Å². The molecule has 4 saturated carbocycles. The molecule has 4 aliphatic carbocycles. The molecule has 10 heteroatoms. The number of ether oxygens (including phenoxy) is 2. The molecule has 266 valence electrons. The molecule has 1 heterocycles. The summed E-state index contributed by atoms with van der Waals surface area (Å²) in [6, 6.07) is 0. The summed E-state index contributed by atoms with van der Waals surface area (Å²) in [5.74, 6) is 0.241. The van der Waals surface area contributed by atoms with E-state index in [1.165, 1.54) is 0 Å². The van der Waals surface area contributed by atoms with Crippen molar-refractivity contribution in [1.29, 1.82) is 0 Å². The van der Waals surface area contributed by atoms with Gasteiger partial charge in [-0.15, -0.1) is 0 Å². The van der Waals surface area contributed by atoms with Gasteiger partial charge in [-0.25, -0.2) is 0 Å². The highest BCUT2D eigenvalue weighted by Crippen LogP contribution is 2.76. The van der Waals surface area contributed by atoms with Crippen molar-refractivity contribution >= 4 is 0 Å². The van der Waals surface area contributed by atoms with Crippen LogP contribution in [0.15, 0.2) is 11.6 Å². The minimum atomic E-state index is -1.55. The molecule has 5 aliphatic rings. The second-order valence-corrected chi connectivity index (χ2v) is 17.1. The first-order valence-corrected chi connectivity index (χ1v) is 17.7. The number of rotatable bonds is 9. The first-order chi connectivity index (χ1) is 21.5. The first kappa shape index (κ1) is 36.6. The van der Waals surface area contributed by atoms with Crippen LogP contribution in [0.1, 0.15) is 99.3 Å². The fraction of sp³-hybridized carbons (Fsp3) is 0.944. The Kier molecular flexibility index (Phi) is 10.3. The maximum Gasteiger partial charge on any atom is 0.187 e. The molecule has 0 spiro atoms. The third-order valence-electron chi connectivity index (χ3n) is 14.8. The van der Waals surface area contributed by atoms with E-state index in [0.717, 1.165) is 37.7 Å². The highest BCUT2D eigenvalue weighted by atomic mass is 16.7. The summed E-state index contributed by atoms with van der Waals surface area (Å²) in [5.41, 5.74) is -1.68. The lowest BCUT2D eigenvalue weighted by atomic mass is 9.34. The summed E-state index contributed by atoms with van der Waals surface area (Å²) in [7, 11) is 0. The van der Waals surface area contributed by atoms with Crippen LogP contribution in [0.4, 0.5) is 0 Å². The fourth-order valence-corrected chi connectivity index (χ4v) is 12.0. The Balaban J connectivity index is 1.51. The van der Waals surface area contributed by atoms with Gasteiger partial charge in [-0.2, -0.15) is 0 Å². The number of allylic oxidation sites excluding steroid dienone is 1. The Morgan fingerprint density at radius 1 is 0.870 bits per heavy atom. The molecule has 10 nitrogen and oxygen atoms in total. The van der Waals surface area contributed by atoms with Crippen LogP contribution >= 0.6 is 0 Å². The van der Waals surface area contributed by atoms with E-state index in [0.29, 0.717) is 25.7 Å². The molecule has 8 N–H and O–H groups in total. The summed E-state index contributed by atoms with van der Waals surface area (Å²) < 4.78 is 12.6. The molecular weight excluding hydrogens is 592 g/mol. The molecule has 0 radical (unpaired) electrons. The number of hydrogen-bond donors (Lipinski definition) is 8. The van der Waals surface area contributed by atoms with Crippen LogP contribution < -0.4 is 0 Å². The zero-order valence-corrected chi connectivity index (χ0v) is 28.8. The van der Waals surface area contributed by atoms with Gasteiger partial charge < -0.3 is 50.3 Å². The Morgan fingerprint density at radius 2 is 1.57 bits per heavy atom. The molecule has 0 aromatic heterocycles. The number of aliphatic hydroxyl groups is 8. The van der Waals surface area contributed by atoms with Crippen molar-refractivity contribution in [2.45, 2.75) is 148 Å². The van der Waals surface area contributed by atoms with Crippen molar-refractivity contribution in [2.24, 2.45) is 45.3 Å². The molecule has 0 aromatic rings. The average Bonchev–Trinajstić information content (AvgIpc) is 3.38. The van der Waals surface area contributed by atoms with Gasteiger partial charge in [0.15, 0.2) is 6.29 Å². The van der Waals surface area contributed by atoms with Gasteiger partial charge >= 0.3 is 0 Å². The molecule has 1 aliphatic heterocycles. The smallest absolute Gasteiger partial charge is 0.187 e. The zero-order chi connectivity index (χ0) is 34.0. The van der Waals surface area contributed by atoms with Crippen molar-refractivity contribution in [3.63, 3.8) is 0 Å². The van der Waals surface area contributed by atoms with Gasteiger partial charge in [0.25, 0.3) is 0 Å². The van der Waals surface area contributed by atoms with E-state index in [9.17, 15) is 40.9 Å². The summed E-state index contributed by atoms with van der Waals surface area (Å²) in [5, 5.41) is 86.1. The Hall–Kier alpha value is -0.660. The van der Waals surface area contributed by atoms with E-state index in [2.05, 4.69) is 27.7 Å². The molecule has 15 atom stereocenters. The molecule has 46 heavy (non-hydrogen) atoms. The first-order valence-electron chi connectivity index (χ1n) is 17.7. The predicted octanol–water partition coefficient (Wildman–Crippen LogP) is 2.27. The quantitative estimate of drug-likeness (QED) is 0.172. The Bertz CT molecular complexity index is 1110. The molecule has 5 fully saturated rings. The molecule has 5 rings (SSSR count). The predicted molar refractivity (Wildman–Crippen MR) is 171 cm³/mol. The van der Waals surface area contributed by atoms with Crippen molar-refractivity contribution in [2.75, 3.05) is 19.8 Å². The van der Waals surface area contributed by atoms with Gasteiger partial charge in [-0.05, 0) is 112 Å². The van der Waals surface area contributed by atoms with E-state index >= 15 is 0 Å².